The minimum absolute atomic E-state index is 0.0749. The Hall–Kier alpha value is -3.48. The van der Waals surface area contributed by atoms with Crippen molar-refractivity contribution in [1.29, 1.82) is 0 Å². The number of rotatable bonds is 2. The molecule has 4 aromatic rings. The number of aryl methyl sites for hydroxylation is 2. The number of amides is 1. The number of benzene rings is 2. The van der Waals surface area contributed by atoms with E-state index in [0.29, 0.717) is 39.7 Å². The summed E-state index contributed by atoms with van der Waals surface area (Å²) >= 11 is 0. The third kappa shape index (κ3) is 2.58. The maximum absolute atomic E-state index is 13.4. The summed E-state index contributed by atoms with van der Waals surface area (Å²) in [5, 5.41) is 3.96. The average Bonchev–Trinajstić information content (AvgIpc) is 3.29. The van der Waals surface area contributed by atoms with Crippen LogP contribution in [0.2, 0.25) is 0 Å². The molecule has 1 aliphatic heterocycles. The van der Waals surface area contributed by atoms with Crippen LogP contribution < -0.4 is 10.9 Å². The Morgan fingerprint density at radius 2 is 2.11 bits per heavy atom. The van der Waals surface area contributed by atoms with Crippen LogP contribution in [-0.4, -0.2) is 20.4 Å². The summed E-state index contributed by atoms with van der Waals surface area (Å²) in [6.07, 6.45) is 1.73. The standard InChI is InChI=1S/C21H17FN4O2/c1-11-7-17-14(21(28)26-6-2-3-19(26)24-17)10-16(11)25-20(27)18-9-12-8-13(22)4-5-15(12)23-18/h4-5,7-10,23H,2-3,6H2,1H3,(H,25,27). The van der Waals surface area contributed by atoms with E-state index in [9.17, 15) is 14.0 Å². The number of fused-ring (bicyclic) bond motifs is 3. The van der Waals surface area contributed by atoms with Gasteiger partial charge in [-0.25, -0.2) is 9.37 Å². The quantitative estimate of drug-likeness (QED) is 0.562. The number of H-pyrrole nitrogens is 1. The van der Waals surface area contributed by atoms with Gasteiger partial charge in [0.25, 0.3) is 11.5 Å². The Kier molecular flexibility index (Phi) is 3.58. The predicted molar refractivity (Wildman–Crippen MR) is 105 cm³/mol. The summed E-state index contributed by atoms with van der Waals surface area (Å²) in [6.45, 7) is 2.54. The van der Waals surface area contributed by atoms with Gasteiger partial charge in [-0.1, -0.05) is 0 Å². The molecule has 140 valence electrons. The second-order valence-electron chi connectivity index (χ2n) is 7.14. The molecular weight excluding hydrogens is 359 g/mol. The lowest BCUT2D eigenvalue weighted by Crippen LogP contribution is -2.21. The van der Waals surface area contributed by atoms with E-state index in [2.05, 4.69) is 15.3 Å². The minimum atomic E-state index is -0.357. The molecule has 5 rings (SSSR count). The number of hydrogen-bond acceptors (Lipinski definition) is 3. The van der Waals surface area contributed by atoms with Gasteiger partial charge in [-0.3, -0.25) is 14.2 Å². The lowest BCUT2D eigenvalue weighted by atomic mass is 10.1. The van der Waals surface area contributed by atoms with Crippen molar-refractivity contribution in [3.05, 3.63) is 69.7 Å². The van der Waals surface area contributed by atoms with Crippen molar-refractivity contribution < 1.29 is 9.18 Å². The van der Waals surface area contributed by atoms with Gasteiger partial charge in [0.05, 0.1) is 10.9 Å². The normalized spacial score (nSPS) is 13.2. The molecule has 1 amide bonds. The number of hydrogen-bond donors (Lipinski definition) is 2. The molecule has 28 heavy (non-hydrogen) atoms. The van der Waals surface area contributed by atoms with Gasteiger partial charge in [0.2, 0.25) is 0 Å². The molecule has 0 bridgehead atoms. The van der Waals surface area contributed by atoms with E-state index in [1.165, 1.54) is 12.1 Å². The highest BCUT2D eigenvalue weighted by Crippen LogP contribution is 2.24. The molecule has 0 radical (unpaired) electrons. The van der Waals surface area contributed by atoms with E-state index >= 15 is 0 Å². The van der Waals surface area contributed by atoms with Crippen LogP contribution in [0.25, 0.3) is 21.8 Å². The van der Waals surface area contributed by atoms with Gasteiger partial charge < -0.3 is 10.3 Å². The van der Waals surface area contributed by atoms with E-state index in [1.54, 1.807) is 22.8 Å². The first-order chi connectivity index (χ1) is 13.5. The lowest BCUT2D eigenvalue weighted by molar-refractivity contribution is 0.102. The molecule has 0 atom stereocenters. The molecule has 0 aliphatic carbocycles. The van der Waals surface area contributed by atoms with E-state index < -0.39 is 0 Å². The molecule has 0 fully saturated rings. The third-order valence-corrected chi connectivity index (χ3v) is 5.24. The Labute approximate surface area is 159 Å². The topological polar surface area (TPSA) is 79.8 Å². The molecule has 2 N–H and O–H groups in total. The largest absolute Gasteiger partial charge is 0.351 e. The van der Waals surface area contributed by atoms with Gasteiger partial charge in [-0.2, -0.15) is 0 Å². The van der Waals surface area contributed by atoms with Crippen molar-refractivity contribution in [2.24, 2.45) is 0 Å². The minimum Gasteiger partial charge on any atom is -0.351 e. The second kappa shape index (κ2) is 6.02. The van der Waals surface area contributed by atoms with Crippen molar-refractivity contribution in [2.75, 3.05) is 5.32 Å². The predicted octanol–water partition coefficient (Wildman–Crippen LogP) is 3.52. The van der Waals surface area contributed by atoms with Crippen molar-refractivity contribution in [3.8, 4) is 0 Å². The van der Waals surface area contributed by atoms with E-state index in [-0.39, 0.29) is 17.3 Å². The van der Waals surface area contributed by atoms with E-state index in [0.717, 1.165) is 24.2 Å². The maximum Gasteiger partial charge on any atom is 0.272 e. The first-order valence-corrected chi connectivity index (χ1v) is 9.13. The number of halogens is 1. The first-order valence-electron chi connectivity index (χ1n) is 9.13. The molecule has 7 heteroatoms. The monoisotopic (exact) mass is 376 g/mol. The number of aromatic nitrogens is 3. The van der Waals surface area contributed by atoms with Crippen molar-refractivity contribution >= 4 is 33.4 Å². The molecule has 0 saturated carbocycles. The first kappa shape index (κ1) is 16.7. The zero-order valence-electron chi connectivity index (χ0n) is 15.2. The van der Waals surface area contributed by atoms with Gasteiger partial charge in [-0.05, 0) is 55.3 Å². The number of nitrogens with one attached hydrogen (secondary N) is 2. The molecule has 0 spiro atoms. The summed E-state index contributed by atoms with van der Waals surface area (Å²) in [5.41, 5.74) is 2.95. The lowest BCUT2D eigenvalue weighted by Gasteiger charge is -2.11. The van der Waals surface area contributed by atoms with Gasteiger partial charge in [0, 0.05) is 29.6 Å². The Bertz CT molecular complexity index is 1340. The van der Waals surface area contributed by atoms with E-state index in [4.69, 9.17) is 0 Å². The fourth-order valence-electron chi connectivity index (χ4n) is 3.79. The van der Waals surface area contributed by atoms with Gasteiger partial charge >= 0.3 is 0 Å². The van der Waals surface area contributed by atoms with Crippen LogP contribution >= 0.6 is 0 Å². The summed E-state index contributed by atoms with van der Waals surface area (Å²) < 4.78 is 15.1. The van der Waals surface area contributed by atoms with Gasteiger partial charge in [-0.15, -0.1) is 0 Å². The smallest absolute Gasteiger partial charge is 0.272 e. The summed E-state index contributed by atoms with van der Waals surface area (Å²) in [5.74, 6) is 0.108. The van der Waals surface area contributed by atoms with Crippen molar-refractivity contribution in [1.82, 2.24) is 14.5 Å². The highest BCUT2D eigenvalue weighted by molar-refractivity contribution is 6.07. The fourth-order valence-corrected chi connectivity index (χ4v) is 3.79. The van der Waals surface area contributed by atoms with E-state index in [1.807, 2.05) is 13.0 Å². The molecule has 2 aromatic heterocycles. The highest BCUT2D eigenvalue weighted by Gasteiger charge is 2.18. The third-order valence-electron chi connectivity index (χ3n) is 5.24. The second-order valence-corrected chi connectivity index (χ2v) is 7.14. The molecule has 2 aromatic carbocycles. The van der Waals surface area contributed by atoms with Crippen molar-refractivity contribution in [2.45, 2.75) is 26.3 Å². The van der Waals surface area contributed by atoms with Crippen LogP contribution in [0.3, 0.4) is 0 Å². The number of carbonyl (C=O) groups excluding carboxylic acids is 1. The number of nitrogens with zero attached hydrogens (tertiary/aromatic N) is 2. The summed E-state index contributed by atoms with van der Waals surface area (Å²) in [6, 6.07) is 9.42. The molecule has 1 aliphatic rings. The Balaban J connectivity index is 1.54. The van der Waals surface area contributed by atoms with Crippen LogP contribution in [0.1, 0.15) is 28.3 Å². The number of aromatic amines is 1. The molecule has 0 unspecified atom stereocenters. The Morgan fingerprint density at radius 3 is 2.96 bits per heavy atom. The van der Waals surface area contributed by atoms with Crippen LogP contribution in [-0.2, 0) is 13.0 Å². The summed E-state index contributed by atoms with van der Waals surface area (Å²) in [7, 11) is 0. The zero-order valence-corrected chi connectivity index (χ0v) is 15.2. The van der Waals surface area contributed by atoms with Crippen LogP contribution in [0.15, 0.2) is 41.2 Å². The SMILES string of the molecule is Cc1cc2nc3n(c(=O)c2cc1NC(=O)c1cc2cc(F)ccc2[nH]1)CCC3. The fraction of sp³-hybridized carbons (Fsp3) is 0.190. The zero-order chi connectivity index (χ0) is 19.4. The van der Waals surface area contributed by atoms with Crippen LogP contribution in [0.5, 0.6) is 0 Å². The average molecular weight is 376 g/mol. The molecule has 6 nitrogen and oxygen atoms in total. The molecular formula is C21H17FN4O2. The van der Waals surface area contributed by atoms with Crippen molar-refractivity contribution in [3.63, 3.8) is 0 Å². The Morgan fingerprint density at radius 1 is 1.25 bits per heavy atom. The molecule has 3 heterocycles. The summed E-state index contributed by atoms with van der Waals surface area (Å²) in [4.78, 5) is 33.0. The van der Waals surface area contributed by atoms with Gasteiger partial charge in [0.1, 0.15) is 17.3 Å². The van der Waals surface area contributed by atoms with Crippen LogP contribution in [0.4, 0.5) is 10.1 Å². The highest BCUT2D eigenvalue weighted by atomic mass is 19.1. The van der Waals surface area contributed by atoms with Crippen LogP contribution in [0, 0.1) is 12.7 Å². The number of anilines is 1. The van der Waals surface area contributed by atoms with Gasteiger partial charge in [0.15, 0.2) is 0 Å². The maximum atomic E-state index is 13.4. The molecule has 0 saturated heterocycles. The number of carbonyl (C=O) groups is 1.